The molecule has 0 heterocycles. The van der Waals surface area contributed by atoms with E-state index in [2.05, 4.69) is 16.6 Å². The number of carboxylic acids is 1. The molecule has 1 aliphatic rings. The van der Waals surface area contributed by atoms with Crippen molar-refractivity contribution in [2.45, 2.75) is 25.3 Å². The maximum atomic E-state index is 11.5. The largest absolute Gasteiger partial charge is 0.481 e. The molecule has 1 rings (SSSR count). The third-order valence-electron chi connectivity index (χ3n) is 2.83. The van der Waals surface area contributed by atoms with E-state index in [1.54, 1.807) is 11.8 Å². The normalized spacial score (nSPS) is 22.2. The topological polar surface area (TPSA) is 78.4 Å². The minimum Gasteiger partial charge on any atom is -0.481 e. The van der Waals surface area contributed by atoms with E-state index in [0.717, 1.165) is 12.2 Å². The van der Waals surface area contributed by atoms with Gasteiger partial charge in [-0.05, 0) is 19.3 Å². The van der Waals surface area contributed by atoms with E-state index in [1.807, 2.05) is 0 Å². The van der Waals surface area contributed by atoms with E-state index >= 15 is 0 Å². The summed E-state index contributed by atoms with van der Waals surface area (Å²) in [5.74, 6) is 2.84. The van der Waals surface area contributed by atoms with Crippen molar-refractivity contribution in [2.24, 2.45) is 5.92 Å². The number of rotatable bonds is 6. The zero-order valence-corrected chi connectivity index (χ0v) is 11.0. The van der Waals surface area contributed by atoms with Gasteiger partial charge in [0.25, 0.3) is 0 Å². The Morgan fingerprint density at radius 3 is 2.83 bits per heavy atom. The van der Waals surface area contributed by atoms with E-state index in [0.29, 0.717) is 25.1 Å². The summed E-state index contributed by atoms with van der Waals surface area (Å²) in [7, 11) is 0. The lowest BCUT2D eigenvalue weighted by atomic mass is 10.1. The van der Waals surface area contributed by atoms with Crippen molar-refractivity contribution in [3.63, 3.8) is 0 Å². The van der Waals surface area contributed by atoms with Crippen molar-refractivity contribution in [1.82, 2.24) is 10.6 Å². The molecule has 2 atom stereocenters. The lowest BCUT2D eigenvalue weighted by Crippen LogP contribution is -2.42. The van der Waals surface area contributed by atoms with Gasteiger partial charge in [-0.2, -0.15) is 0 Å². The van der Waals surface area contributed by atoms with Crippen LogP contribution in [0.25, 0.3) is 0 Å². The fourth-order valence-electron chi connectivity index (χ4n) is 1.94. The molecule has 3 N–H and O–H groups in total. The van der Waals surface area contributed by atoms with Gasteiger partial charge in [0, 0.05) is 18.3 Å². The molecular weight excluding hydrogens is 252 g/mol. The Morgan fingerprint density at radius 1 is 1.44 bits per heavy atom. The molecule has 18 heavy (non-hydrogen) atoms. The number of hydrogen-bond acceptors (Lipinski definition) is 3. The summed E-state index contributed by atoms with van der Waals surface area (Å²) < 4.78 is 0. The van der Waals surface area contributed by atoms with Gasteiger partial charge in [-0.25, -0.2) is 4.79 Å². The molecule has 1 aliphatic carbocycles. The predicted octanol–water partition coefficient (Wildman–Crippen LogP) is 0.905. The molecule has 1 saturated carbocycles. The first-order valence-corrected chi connectivity index (χ1v) is 7.07. The Bertz CT molecular complexity index is 341. The quantitative estimate of drug-likeness (QED) is 0.495. The second-order valence-electron chi connectivity index (χ2n) is 4.20. The van der Waals surface area contributed by atoms with Crippen LogP contribution in [0.1, 0.15) is 19.3 Å². The number of amides is 2. The number of thioether (sulfide) groups is 1. The summed E-state index contributed by atoms with van der Waals surface area (Å²) in [6.45, 7) is 0.563. The second-order valence-corrected chi connectivity index (χ2v) is 5.31. The molecule has 0 aromatic carbocycles. The first-order chi connectivity index (χ1) is 8.63. The molecule has 1 fully saturated rings. The minimum atomic E-state index is -0.773. The first kappa shape index (κ1) is 14.7. The Morgan fingerprint density at radius 2 is 2.22 bits per heavy atom. The van der Waals surface area contributed by atoms with Crippen LogP contribution in [0.4, 0.5) is 4.79 Å². The summed E-state index contributed by atoms with van der Waals surface area (Å²) in [5.41, 5.74) is 0. The van der Waals surface area contributed by atoms with Crippen molar-refractivity contribution in [3.8, 4) is 12.3 Å². The highest BCUT2D eigenvalue weighted by atomic mass is 32.2. The van der Waals surface area contributed by atoms with Crippen LogP contribution < -0.4 is 10.6 Å². The highest BCUT2D eigenvalue weighted by Crippen LogP contribution is 2.25. The van der Waals surface area contributed by atoms with Crippen molar-refractivity contribution in [1.29, 1.82) is 0 Å². The first-order valence-electron chi connectivity index (χ1n) is 5.92. The highest BCUT2D eigenvalue weighted by molar-refractivity contribution is 7.99. The van der Waals surface area contributed by atoms with Gasteiger partial charge in [0.15, 0.2) is 0 Å². The van der Waals surface area contributed by atoms with Gasteiger partial charge >= 0.3 is 12.0 Å². The molecule has 0 spiro atoms. The third kappa shape index (κ3) is 5.32. The van der Waals surface area contributed by atoms with E-state index in [9.17, 15) is 9.59 Å². The molecule has 6 heteroatoms. The summed E-state index contributed by atoms with van der Waals surface area (Å²) in [6.07, 6.45) is 6.99. The van der Waals surface area contributed by atoms with Crippen LogP contribution in [0.15, 0.2) is 0 Å². The average Bonchev–Trinajstić information content (AvgIpc) is 2.77. The summed E-state index contributed by atoms with van der Waals surface area (Å²) >= 11 is 1.59. The number of carbonyl (C=O) groups excluding carboxylic acids is 1. The van der Waals surface area contributed by atoms with Gasteiger partial charge < -0.3 is 15.7 Å². The lowest BCUT2D eigenvalue weighted by Gasteiger charge is -2.13. The monoisotopic (exact) mass is 270 g/mol. The molecule has 0 bridgehead atoms. The fourth-order valence-corrected chi connectivity index (χ4v) is 2.45. The third-order valence-corrected chi connectivity index (χ3v) is 3.70. The van der Waals surface area contributed by atoms with Gasteiger partial charge in [-0.1, -0.05) is 5.92 Å². The Hall–Kier alpha value is -1.35. The average molecular weight is 270 g/mol. The molecule has 0 aromatic rings. The number of carbonyl (C=O) groups is 2. The standard InChI is InChI=1S/C12H18N2O3S/c1-2-6-18-7-5-13-12(17)14-10-4-3-9(8-10)11(15)16/h1,9-10H,3-8H2,(H,15,16)(H2,13,14,17)/t9-,10+/m1/s1. The molecule has 0 unspecified atom stereocenters. The van der Waals surface area contributed by atoms with Crippen LogP contribution in [0.5, 0.6) is 0 Å². The molecule has 0 aromatic heterocycles. The van der Waals surface area contributed by atoms with Gasteiger partial charge in [-0.3, -0.25) is 4.79 Å². The smallest absolute Gasteiger partial charge is 0.315 e. The van der Waals surface area contributed by atoms with Gasteiger partial charge in [-0.15, -0.1) is 18.2 Å². The Labute approximate surface area is 111 Å². The van der Waals surface area contributed by atoms with Crippen LogP contribution in [0.3, 0.4) is 0 Å². The van der Waals surface area contributed by atoms with Crippen LogP contribution in [-0.2, 0) is 4.79 Å². The summed E-state index contributed by atoms with van der Waals surface area (Å²) in [5, 5.41) is 14.4. The van der Waals surface area contributed by atoms with Crippen LogP contribution in [0.2, 0.25) is 0 Å². The van der Waals surface area contributed by atoms with Gasteiger partial charge in [0.05, 0.1) is 11.7 Å². The number of hydrogen-bond donors (Lipinski definition) is 3. The zero-order chi connectivity index (χ0) is 13.4. The maximum Gasteiger partial charge on any atom is 0.315 e. The van der Waals surface area contributed by atoms with Crippen molar-refractivity contribution < 1.29 is 14.7 Å². The van der Waals surface area contributed by atoms with Crippen LogP contribution >= 0.6 is 11.8 Å². The summed E-state index contributed by atoms with van der Waals surface area (Å²) in [6, 6.07) is -0.253. The van der Waals surface area contributed by atoms with E-state index in [-0.39, 0.29) is 18.0 Å². The molecule has 2 amide bonds. The lowest BCUT2D eigenvalue weighted by molar-refractivity contribution is -0.141. The number of carboxylic acid groups (broad SMARTS) is 1. The number of nitrogens with one attached hydrogen (secondary N) is 2. The van der Waals surface area contributed by atoms with Gasteiger partial charge in [0.1, 0.15) is 0 Å². The van der Waals surface area contributed by atoms with E-state index < -0.39 is 5.97 Å². The second kappa shape index (κ2) is 7.88. The molecule has 5 nitrogen and oxygen atoms in total. The molecule has 0 saturated heterocycles. The number of terminal acetylenes is 1. The molecule has 100 valence electrons. The zero-order valence-electron chi connectivity index (χ0n) is 10.1. The van der Waals surface area contributed by atoms with Crippen molar-refractivity contribution in [2.75, 3.05) is 18.1 Å². The summed E-state index contributed by atoms with van der Waals surface area (Å²) in [4.78, 5) is 22.2. The molecular formula is C12H18N2O3S. The highest BCUT2D eigenvalue weighted by Gasteiger charge is 2.30. The number of aliphatic carboxylic acids is 1. The van der Waals surface area contributed by atoms with Crippen LogP contribution in [0, 0.1) is 18.3 Å². The maximum absolute atomic E-state index is 11.5. The Balaban J connectivity index is 2.10. The predicted molar refractivity (Wildman–Crippen MR) is 71.5 cm³/mol. The van der Waals surface area contributed by atoms with Gasteiger partial charge in [0.2, 0.25) is 0 Å². The van der Waals surface area contributed by atoms with E-state index in [1.165, 1.54) is 0 Å². The number of urea groups is 1. The fraction of sp³-hybridized carbons (Fsp3) is 0.667. The van der Waals surface area contributed by atoms with Crippen LogP contribution in [-0.4, -0.2) is 41.2 Å². The molecule has 0 radical (unpaired) electrons. The minimum absolute atomic E-state index is 0.0236. The Kier molecular flexibility index (Phi) is 6.44. The SMILES string of the molecule is C#CCSCCNC(=O)N[C@H]1CC[C@@H](C(=O)O)C1. The molecule has 0 aliphatic heterocycles. The van der Waals surface area contributed by atoms with Crippen molar-refractivity contribution >= 4 is 23.8 Å². The van der Waals surface area contributed by atoms with Crippen molar-refractivity contribution in [3.05, 3.63) is 0 Å². The van der Waals surface area contributed by atoms with E-state index in [4.69, 9.17) is 11.5 Å².